The Balaban J connectivity index is 2.84. The van der Waals surface area contributed by atoms with E-state index in [2.05, 4.69) is 13.8 Å². The van der Waals surface area contributed by atoms with Crippen molar-refractivity contribution in [3.05, 3.63) is 35.9 Å². The molecule has 1 aromatic carbocycles. The van der Waals surface area contributed by atoms with Gasteiger partial charge in [-0.3, -0.25) is 4.79 Å². The summed E-state index contributed by atoms with van der Waals surface area (Å²) in [5.74, 6) is 0.414. The van der Waals surface area contributed by atoms with Gasteiger partial charge in [0.15, 0.2) is 6.29 Å². The third kappa shape index (κ3) is 6.99. The monoisotopic (exact) mass is 336 g/mol. The lowest BCUT2D eigenvalue weighted by molar-refractivity contribution is -0.159. The topological polar surface area (TPSA) is 64.8 Å². The van der Waals surface area contributed by atoms with Crippen LogP contribution >= 0.6 is 0 Å². The highest BCUT2D eigenvalue weighted by molar-refractivity contribution is 5.83. The van der Waals surface area contributed by atoms with Crippen molar-refractivity contribution in [2.24, 2.45) is 11.7 Å². The summed E-state index contributed by atoms with van der Waals surface area (Å²) in [5.41, 5.74) is 7.02. The Morgan fingerprint density at radius 1 is 1.12 bits per heavy atom. The fourth-order valence-electron chi connectivity index (χ4n) is 2.41. The van der Waals surface area contributed by atoms with Crippen LogP contribution in [0.15, 0.2) is 30.3 Å². The van der Waals surface area contributed by atoms with E-state index in [1.165, 1.54) is 0 Å². The standard InChI is InChI=1S/C19H32N2O3/c1-5-23-17(24-6-2)14-21(13-12-15(3)4)19(22)18(20)16-10-8-7-9-11-16/h7-11,15,17-18H,5-6,12-14,20H2,1-4H3/t18-/m0/s1. The van der Waals surface area contributed by atoms with Crippen LogP contribution in [0, 0.1) is 5.92 Å². The molecule has 24 heavy (non-hydrogen) atoms. The van der Waals surface area contributed by atoms with E-state index in [4.69, 9.17) is 15.2 Å². The SMILES string of the molecule is CCOC(CN(CCC(C)C)C(=O)[C@@H](N)c1ccccc1)OCC. The molecule has 0 aromatic heterocycles. The van der Waals surface area contributed by atoms with Crippen LogP contribution < -0.4 is 5.73 Å². The largest absolute Gasteiger partial charge is 0.351 e. The number of hydrogen-bond donors (Lipinski definition) is 1. The molecule has 0 unspecified atom stereocenters. The van der Waals surface area contributed by atoms with E-state index in [1.54, 1.807) is 4.90 Å². The fourth-order valence-corrected chi connectivity index (χ4v) is 2.41. The first-order chi connectivity index (χ1) is 11.5. The average molecular weight is 336 g/mol. The first-order valence-corrected chi connectivity index (χ1v) is 8.82. The predicted molar refractivity (Wildman–Crippen MR) is 96.4 cm³/mol. The van der Waals surface area contributed by atoms with Crippen LogP contribution in [0.4, 0.5) is 0 Å². The van der Waals surface area contributed by atoms with Gasteiger partial charge in [0.25, 0.3) is 0 Å². The van der Waals surface area contributed by atoms with E-state index in [1.807, 2.05) is 44.2 Å². The maximum Gasteiger partial charge on any atom is 0.244 e. The van der Waals surface area contributed by atoms with Gasteiger partial charge in [0.2, 0.25) is 5.91 Å². The molecule has 136 valence electrons. The number of rotatable bonds is 11. The molecule has 1 amide bonds. The van der Waals surface area contributed by atoms with Gasteiger partial charge in [-0.05, 0) is 31.7 Å². The van der Waals surface area contributed by atoms with Gasteiger partial charge in [-0.2, -0.15) is 0 Å². The Kier molecular flexibility index (Phi) is 9.60. The minimum Gasteiger partial charge on any atom is -0.351 e. The summed E-state index contributed by atoms with van der Waals surface area (Å²) in [4.78, 5) is 14.7. The molecule has 0 aliphatic carbocycles. The Hall–Kier alpha value is -1.43. The number of hydrogen-bond acceptors (Lipinski definition) is 4. The zero-order valence-corrected chi connectivity index (χ0v) is 15.4. The normalized spacial score (nSPS) is 12.6. The van der Waals surface area contributed by atoms with E-state index in [9.17, 15) is 4.79 Å². The Bertz CT molecular complexity index is 459. The van der Waals surface area contributed by atoms with Crippen molar-refractivity contribution in [2.45, 2.75) is 46.4 Å². The number of nitrogens with two attached hydrogens (primary N) is 1. The van der Waals surface area contributed by atoms with E-state index in [0.29, 0.717) is 32.2 Å². The maximum atomic E-state index is 12.9. The van der Waals surface area contributed by atoms with Gasteiger partial charge in [0.05, 0.1) is 6.54 Å². The second kappa shape index (κ2) is 11.2. The molecule has 0 fully saturated rings. The zero-order valence-electron chi connectivity index (χ0n) is 15.4. The average Bonchev–Trinajstić information content (AvgIpc) is 2.58. The van der Waals surface area contributed by atoms with Crippen molar-refractivity contribution in [1.29, 1.82) is 0 Å². The predicted octanol–water partition coefficient (Wildman–Crippen LogP) is 2.96. The number of nitrogens with zero attached hydrogens (tertiary/aromatic N) is 1. The van der Waals surface area contributed by atoms with Crippen LogP contribution in [-0.2, 0) is 14.3 Å². The highest BCUT2D eigenvalue weighted by atomic mass is 16.7. The van der Waals surface area contributed by atoms with E-state index in [0.717, 1.165) is 12.0 Å². The second-order valence-corrected chi connectivity index (χ2v) is 6.20. The summed E-state index contributed by atoms with van der Waals surface area (Å²) in [5, 5.41) is 0. The molecule has 1 atom stereocenters. The molecule has 0 spiro atoms. The fraction of sp³-hybridized carbons (Fsp3) is 0.632. The molecule has 0 saturated heterocycles. The van der Waals surface area contributed by atoms with Gasteiger partial charge in [0, 0.05) is 19.8 Å². The summed E-state index contributed by atoms with van der Waals surface area (Å²) in [7, 11) is 0. The summed E-state index contributed by atoms with van der Waals surface area (Å²) < 4.78 is 11.2. The van der Waals surface area contributed by atoms with Crippen molar-refractivity contribution in [3.63, 3.8) is 0 Å². The number of carbonyl (C=O) groups excluding carboxylic acids is 1. The van der Waals surface area contributed by atoms with E-state index in [-0.39, 0.29) is 5.91 Å². The molecule has 1 rings (SSSR count). The molecule has 2 N–H and O–H groups in total. The molecule has 5 heteroatoms. The third-order valence-corrected chi connectivity index (χ3v) is 3.79. The molecule has 0 radical (unpaired) electrons. The molecule has 0 saturated carbocycles. The minimum atomic E-state index is -0.665. The summed E-state index contributed by atoms with van der Waals surface area (Å²) in [6.07, 6.45) is 0.497. The summed E-state index contributed by atoms with van der Waals surface area (Å²) in [6, 6.07) is 8.80. The number of amides is 1. The first-order valence-electron chi connectivity index (χ1n) is 8.82. The number of carbonyl (C=O) groups is 1. The van der Waals surface area contributed by atoms with Crippen molar-refractivity contribution >= 4 is 5.91 Å². The lowest BCUT2D eigenvalue weighted by atomic mass is 10.1. The second-order valence-electron chi connectivity index (χ2n) is 6.20. The van der Waals surface area contributed by atoms with Crippen LogP contribution in [0.3, 0.4) is 0 Å². The maximum absolute atomic E-state index is 12.9. The van der Waals surface area contributed by atoms with Gasteiger partial charge in [-0.15, -0.1) is 0 Å². The molecule has 5 nitrogen and oxygen atoms in total. The Morgan fingerprint density at radius 3 is 2.21 bits per heavy atom. The van der Waals surface area contributed by atoms with Crippen LogP contribution in [0.2, 0.25) is 0 Å². The molecular weight excluding hydrogens is 304 g/mol. The Labute approximate surface area is 146 Å². The number of ether oxygens (including phenoxy) is 2. The van der Waals surface area contributed by atoms with Gasteiger partial charge in [-0.25, -0.2) is 0 Å². The lowest BCUT2D eigenvalue weighted by Crippen LogP contribution is -2.44. The summed E-state index contributed by atoms with van der Waals surface area (Å²) >= 11 is 0. The smallest absolute Gasteiger partial charge is 0.244 e. The molecule has 0 bridgehead atoms. The third-order valence-electron chi connectivity index (χ3n) is 3.79. The molecular formula is C19H32N2O3. The van der Waals surface area contributed by atoms with Crippen LogP contribution in [0.5, 0.6) is 0 Å². The van der Waals surface area contributed by atoms with E-state index < -0.39 is 12.3 Å². The van der Waals surface area contributed by atoms with Crippen LogP contribution in [0.25, 0.3) is 0 Å². The van der Waals surface area contributed by atoms with Gasteiger partial charge >= 0.3 is 0 Å². The molecule has 0 aliphatic rings. The van der Waals surface area contributed by atoms with Gasteiger partial charge in [-0.1, -0.05) is 44.2 Å². The molecule has 0 heterocycles. The number of benzene rings is 1. The summed E-state index contributed by atoms with van der Waals surface area (Å²) in [6.45, 7) is 10.2. The molecule has 1 aromatic rings. The van der Waals surface area contributed by atoms with Crippen LogP contribution in [0.1, 0.15) is 45.7 Å². The zero-order chi connectivity index (χ0) is 17.9. The molecule has 0 aliphatic heterocycles. The van der Waals surface area contributed by atoms with Crippen molar-refractivity contribution < 1.29 is 14.3 Å². The van der Waals surface area contributed by atoms with Crippen LogP contribution in [-0.4, -0.2) is 43.4 Å². The lowest BCUT2D eigenvalue weighted by Gasteiger charge is -2.30. The highest BCUT2D eigenvalue weighted by Crippen LogP contribution is 2.15. The van der Waals surface area contributed by atoms with Crippen molar-refractivity contribution in [3.8, 4) is 0 Å². The first kappa shape index (κ1) is 20.6. The highest BCUT2D eigenvalue weighted by Gasteiger charge is 2.25. The van der Waals surface area contributed by atoms with Gasteiger partial charge < -0.3 is 20.1 Å². The minimum absolute atomic E-state index is 0.0914. The van der Waals surface area contributed by atoms with Crippen molar-refractivity contribution in [2.75, 3.05) is 26.3 Å². The van der Waals surface area contributed by atoms with Gasteiger partial charge in [0.1, 0.15) is 6.04 Å². The quantitative estimate of drug-likeness (QED) is 0.631. The van der Waals surface area contributed by atoms with Crippen molar-refractivity contribution in [1.82, 2.24) is 4.90 Å². The van der Waals surface area contributed by atoms with E-state index >= 15 is 0 Å². The Morgan fingerprint density at radius 2 is 1.71 bits per heavy atom.